The molecule has 2 aromatic carbocycles. The summed E-state index contributed by atoms with van der Waals surface area (Å²) in [7, 11) is 0. The second-order valence-corrected chi connectivity index (χ2v) is 6.55. The quantitative estimate of drug-likeness (QED) is 0.394. The van der Waals surface area contributed by atoms with Crippen LogP contribution in [0.1, 0.15) is 21.5 Å². The molecule has 0 radical (unpaired) electrons. The Balaban J connectivity index is 1.64. The number of aromatic amines is 2. The summed E-state index contributed by atoms with van der Waals surface area (Å²) in [5, 5.41) is 13.2. The Kier molecular flexibility index (Phi) is 4.70. The summed E-state index contributed by atoms with van der Waals surface area (Å²) >= 11 is 0. The molecular formula is C22H17N3O4. The first kappa shape index (κ1) is 18.2. The Morgan fingerprint density at radius 1 is 1.10 bits per heavy atom. The van der Waals surface area contributed by atoms with Gasteiger partial charge in [0, 0.05) is 35.1 Å². The highest BCUT2D eigenvalue weighted by Crippen LogP contribution is 2.26. The third kappa shape index (κ3) is 3.66. The summed E-state index contributed by atoms with van der Waals surface area (Å²) in [6.07, 6.45) is 4.37. The Bertz CT molecular complexity index is 1320. The number of fused-ring (bicyclic) bond motifs is 3. The van der Waals surface area contributed by atoms with Gasteiger partial charge in [-0.1, -0.05) is 36.4 Å². The first-order valence-corrected chi connectivity index (χ1v) is 8.93. The van der Waals surface area contributed by atoms with Gasteiger partial charge in [0.15, 0.2) is 0 Å². The number of carboxylic acids is 1. The van der Waals surface area contributed by atoms with E-state index in [0.717, 1.165) is 5.56 Å². The minimum Gasteiger partial charge on any atom is -0.478 e. The Morgan fingerprint density at radius 3 is 2.66 bits per heavy atom. The molecule has 4 aromatic rings. The second kappa shape index (κ2) is 7.47. The number of benzene rings is 2. The van der Waals surface area contributed by atoms with Gasteiger partial charge in [0.1, 0.15) is 5.52 Å². The predicted molar refractivity (Wildman–Crippen MR) is 111 cm³/mol. The number of carbonyl (C=O) groups is 2. The van der Waals surface area contributed by atoms with Gasteiger partial charge in [-0.05, 0) is 29.3 Å². The maximum absolute atomic E-state index is 12.2. The molecule has 2 aromatic heterocycles. The number of rotatable bonds is 5. The first-order valence-electron chi connectivity index (χ1n) is 8.93. The fraction of sp³-hybridized carbons (Fsp3) is 0.0455. The van der Waals surface area contributed by atoms with E-state index in [0.29, 0.717) is 28.4 Å². The summed E-state index contributed by atoms with van der Waals surface area (Å²) in [6, 6.07) is 14.8. The van der Waals surface area contributed by atoms with Gasteiger partial charge in [0.25, 0.3) is 5.56 Å². The molecule has 0 bridgehead atoms. The lowest BCUT2D eigenvalue weighted by atomic mass is 10.0. The molecule has 4 N–H and O–H groups in total. The van der Waals surface area contributed by atoms with E-state index in [9.17, 15) is 19.5 Å². The van der Waals surface area contributed by atoms with Gasteiger partial charge >= 0.3 is 5.97 Å². The Morgan fingerprint density at radius 2 is 1.90 bits per heavy atom. The number of hydrogen-bond acceptors (Lipinski definition) is 3. The van der Waals surface area contributed by atoms with Gasteiger partial charge in [-0.25, -0.2) is 4.79 Å². The Hall–Kier alpha value is -4.13. The number of hydrogen-bond donors (Lipinski definition) is 4. The molecule has 0 spiro atoms. The number of amides is 1. The van der Waals surface area contributed by atoms with Gasteiger partial charge in [-0.3, -0.25) is 9.59 Å². The molecule has 7 nitrogen and oxygen atoms in total. The number of H-pyrrole nitrogens is 2. The van der Waals surface area contributed by atoms with Crippen molar-refractivity contribution in [3.05, 3.63) is 87.8 Å². The molecule has 4 rings (SSSR count). The fourth-order valence-electron chi connectivity index (χ4n) is 3.23. The molecule has 0 fully saturated rings. The van der Waals surface area contributed by atoms with Crippen molar-refractivity contribution in [1.29, 1.82) is 0 Å². The van der Waals surface area contributed by atoms with Crippen molar-refractivity contribution in [2.75, 3.05) is 0 Å². The van der Waals surface area contributed by atoms with E-state index < -0.39 is 5.97 Å². The van der Waals surface area contributed by atoms with Crippen molar-refractivity contribution in [3.8, 4) is 0 Å². The second-order valence-electron chi connectivity index (χ2n) is 6.55. The maximum atomic E-state index is 12.2. The van der Waals surface area contributed by atoms with Gasteiger partial charge < -0.3 is 20.4 Å². The third-order valence-electron chi connectivity index (χ3n) is 4.64. The molecule has 0 aliphatic carbocycles. The molecule has 2 heterocycles. The molecule has 0 unspecified atom stereocenters. The predicted octanol–water partition coefficient (Wildman–Crippen LogP) is 3.04. The van der Waals surface area contributed by atoms with Crippen LogP contribution in [0.4, 0.5) is 0 Å². The summed E-state index contributed by atoms with van der Waals surface area (Å²) in [5.74, 6) is -1.36. The number of carbonyl (C=O) groups excluding carboxylic acids is 1. The average molecular weight is 387 g/mol. The molecule has 0 saturated carbocycles. The van der Waals surface area contributed by atoms with E-state index in [1.807, 2.05) is 30.3 Å². The minimum atomic E-state index is -1.12. The van der Waals surface area contributed by atoms with Crippen LogP contribution in [0, 0.1) is 0 Å². The molecule has 1 amide bonds. The van der Waals surface area contributed by atoms with E-state index in [2.05, 4.69) is 15.3 Å². The van der Waals surface area contributed by atoms with E-state index in [4.69, 9.17) is 0 Å². The molecule has 7 heteroatoms. The highest BCUT2D eigenvalue weighted by Gasteiger charge is 2.16. The lowest BCUT2D eigenvalue weighted by Gasteiger charge is -2.04. The zero-order valence-corrected chi connectivity index (χ0v) is 15.2. The van der Waals surface area contributed by atoms with Gasteiger partial charge in [-0.15, -0.1) is 0 Å². The van der Waals surface area contributed by atoms with Crippen LogP contribution in [-0.4, -0.2) is 27.0 Å². The van der Waals surface area contributed by atoms with E-state index in [-0.39, 0.29) is 22.5 Å². The van der Waals surface area contributed by atoms with Crippen LogP contribution in [0.5, 0.6) is 0 Å². The van der Waals surface area contributed by atoms with E-state index in [1.165, 1.54) is 12.3 Å². The minimum absolute atomic E-state index is 0.0258. The van der Waals surface area contributed by atoms with Crippen molar-refractivity contribution < 1.29 is 14.7 Å². The van der Waals surface area contributed by atoms with Crippen LogP contribution < -0.4 is 10.9 Å². The topological polar surface area (TPSA) is 115 Å². The highest BCUT2D eigenvalue weighted by molar-refractivity contribution is 6.14. The molecule has 0 atom stereocenters. The van der Waals surface area contributed by atoms with Crippen molar-refractivity contribution in [2.24, 2.45) is 0 Å². The average Bonchev–Trinajstić information content (AvgIpc) is 3.18. The van der Waals surface area contributed by atoms with Crippen LogP contribution in [0.15, 0.2) is 65.6 Å². The van der Waals surface area contributed by atoms with Crippen molar-refractivity contribution in [3.63, 3.8) is 0 Å². The zero-order valence-electron chi connectivity index (χ0n) is 15.2. The van der Waals surface area contributed by atoms with Crippen LogP contribution in [0.25, 0.3) is 27.9 Å². The molecule has 144 valence electrons. The van der Waals surface area contributed by atoms with Gasteiger partial charge in [0.2, 0.25) is 5.91 Å². The third-order valence-corrected chi connectivity index (χ3v) is 4.64. The number of pyridine rings is 1. The van der Waals surface area contributed by atoms with E-state index in [1.54, 1.807) is 24.3 Å². The number of aromatic carboxylic acids is 1. The summed E-state index contributed by atoms with van der Waals surface area (Å²) in [6.45, 7) is 0.426. The normalized spacial score (nSPS) is 11.3. The molecule has 0 saturated heterocycles. The van der Waals surface area contributed by atoms with Gasteiger partial charge in [0.05, 0.1) is 5.56 Å². The van der Waals surface area contributed by atoms with Crippen LogP contribution >= 0.6 is 0 Å². The number of nitrogens with one attached hydrogen (secondary N) is 3. The van der Waals surface area contributed by atoms with Crippen LogP contribution in [0.2, 0.25) is 0 Å². The fourth-order valence-corrected chi connectivity index (χ4v) is 3.23. The summed E-state index contributed by atoms with van der Waals surface area (Å²) in [4.78, 5) is 41.2. The zero-order chi connectivity index (χ0) is 20.4. The van der Waals surface area contributed by atoms with Crippen LogP contribution in [-0.2, 0) is 11.3 Å². The Labute approximate surface area is 164 Å². The largest absolute Gasteiger partial charge is 0.478 e. The lowest BCUT2D eigenvalue weighted by molar-refractivity contribution is -0.116. The summed E-state index contributed by atoms with van der Waals surface area (Å²) in [5.41, 5.74) is 2.08. The summed E-state index contributed by atoms with van der Waals surface area (Å²) < 4.78 is 0. The smallest absolute Gasteiger partial charge is 0.337 e. The van der Waals surface area contributed by atoms with Crippen molar-refractivity contribution in [1.82, 2.24) is 15.3 Å². The first-order chi connectivity index (χ1) is 14.0. The molecule has 0 aliphatic heterocycles. The number of carboxylic acid groups (broad SMARTS) is 1. The number of aromatic nitrogens is 2. The SMILES string of the molecule is O=C(/C=C/c1ccc2[nH]c(=O)c3[nH]cc(C(=O)O)c3c2c1)NCc1ccccc1. The molecule has 29 heavy (non-hydrogen) atoms. The standard InChI is InChI=1S/C22H17N3O4/c26-18(23-11-14-4-2-1-3-5-14)9-7-13-6-8-17-15(10-13)19-16(22(28)29)12-24-20(19)21(27)25-17/h1-10,12,24H,11H2,(H,23,26)(H,25,27)(H,28,29)/b9-7+. The molecular weight excluding hydrogens is 370 g/mol. The maximum Gasteiger partial charge on any atom is 0.337 e. The van der Waals surface area contributed by atoms with E-state index >= 15 is 0 Å². The van der Waals surface area contributed by atoms with Crippen LogP contribution in [0.3, 0.4) is 0 Å². The lowest BCUT2D eigenvalue weighted by Crippen LogP contribution is -2.20. The van der Waals surface area contributed by atoms with Gasteiger partial charge in [-0.2, -0.15) is 0 Å². The van der Waals surface area contributed by atoms with Crippen molar-refractivity contribution >= 4 is 39.8 Å². The molecule has 0 aliphatic rings. The monoisotopic (exact) mass is 387 g/mol. The highest BCUT2D eigenvalue weighted by atomic mass is 16.4. The van der Waals surface area contributed by atoms with Crippen molar-refractivity contribution in [2.45, 2.75) is 6.54 Å².